The molecule has 0 aromatic heterocycles. The van der Waals surface area contributed by atoms with Gasteiger partial charge in [-0.2, -0.15) is 0 Å². The van der Waals surface area contributed by atoms with Gasteiger partial charge in [0.05, 0.1) is 12.1 Å². The minimum absolute atomic E-state index is 0.554. The van der Waals surface area contributed by atoms with Crippen LogP contribution in [0.1, 0.15) is 38.5 Å². The number of nitrogens with one attached hydrogen (secondary N) is 2. The van der Waals surface area contributed by atoms with Gasteiger partial charge in [0, 0.05) is 17.8 Å². The normalized spacial score (nSPS) is 29.3. The van der Waals surface area contributed by atoms with Crippen molar-refractivity contribution in [3.05, 3.63) is 23.2 Å². The zero-order chi connectivity index (χ0) is 14.7. The maximum Gasteiger partial charge on any atom is 0.137 e. The highest BCUT2D eigenvalue weighted by Crippen LogP contribution is 2.34. The van der Waals surface area contributed by atoms with Crippen molar-refractivity contribution >= 4 is 17.3 Å². The molecule has 1 saturated carbocycles. The molecule has 0 bridgehead atoms. The molecule has 0 radical (unpaired) electrons. The molecule has 116 valence electrons. The molecule has 2 fully saturated rings. The van der Waals surface area contributed by atoms with Crippen LogP contribution in [0.3, 0.4) is 0 Å². The molecule has 1 aliphatic carbocycles. The van der Waals surface area contributed by atoms with E-state index in [2.05, 4.69) is 16.7 Å². The van der Waals surface area contributed by atoms with Crippen LogP contribution >= 0.6 is 11.6 Å². The highest BCUT2D eigenvalue weighted by atomic mass is 35.5. The Morgan fingerprint density at radius 3 is 2.76 bits per heavy atom. The molecule has 1 saturated heterocycles. The summed E-state index contributed by atoms with van der Waals surface area (Å²) in [6.45, 7) is 1.18. The summed E-state index contributed by atoms with van der Waals surface area (Å²) < 4.78 is 5.22. The van der Waals surface area contributed by atoms with Crippen LogP contribution in [0.5, 0.6) is 5.75 Å². The fraction of sp³-hybridized carbons (Fsp3) is 0.647. The monoisotopic (exact) mass is 308 g/mol. The van der Waals surface area contributed by atoms with E-state index in [-0.39, 0.29) is 0 Å². The predicted molar refractivity (Wildman–Crippen MR) is 88.4 cm³/mol. The van der Waals surface area contributed by atoms with Gasteiger partial charge in [-0.05, 0) is 56.3 Å². The van der Waals surface area contributed by atoms with E-state index in [0.717, 1.165) is 17.4 Å². The van der Waals surface area contributed by atoms with Gasteiger partial charge in [0.15, 0.2) is 0 Å². The summed E-state index contributed by atoms with van der Waals surface area (Å²) in [6, 6.07) is 7.23. The lowest BCUT2D eigenvalue weighted by Gasteiger charge is -2.37. The number of benzene rings is 1. The highest BCUT2D eigenvalue weighted by molar-refractivity contribution is 6.32. The van der Waals surface area contributed by atoms with Crippen molar-refractivity contribution in [2.24, 2.45) is 5.92 Å². The molecule has 3 nitrogen and oxygen atoms in total. The summed E-state index contributed by atoms with van der Waals surface area (Å²) in [4.78, 5) is 0. The molecule has 3 atom stereocenters. The van der Waals surface area contributed by atoms with Gasteiger partial charge < -0.3 is 15.4 Å². The number of halogens is 1. The molecule has 2 aliphatic rings. The molecular formula is C17H25ClN2O. The van der Waals surface area contributed by atoms with Crippen molar-refractivity contribution in [3.63, 3.8) is 0 Å². The van der Waals surface area contributed by atoms with Crippen LogP contribution < -0.4 is 15.4 Å². The van der Waals surface area contributed by atoms with E-state index in [1.807, 2.05) is 12.1 Å². The smallest absolute Gasteiger partial charge is 0.137 e. The molecule has 2 N–H and O–H groups in total. The summed E-state index contributed by atoms with van der Waals surface area (Å²) in [7, 11) is 1.65. The lowest BCUT2D eigenvalue weighted by atomic mass is 9.79. The minimum atomic E-state index is 0.554. The number of ether oxygens (including phenoxy) is 1. The second-order valence-corrected chi connectivity index (χ2v) is 6.66. The molecule has 1 aromatic rings. The van der Waals surface area contributed by atoms with E-state index in [1.54, 1.807) is 7.11 Å². The van der Waals surface area contributed by atoms with Gasteiger partial charge in [0.25, 0.3) is 0 Å². The van der Waals surface area contributed by atoms with E-state index < -0.39 is 0 Å². The van der Waals surface area contributed by atoms with Crippen LogP contribution in [0.25, 0.3) is 0 Å². The lowest BCUT2D eigenvalue weighted by molar-refractivity contribution is 0.263. The summed E-state index contributed by atoms with van der Waals surface area (Å²) in [6.07, 6.45) is 7.93. The third kappa shape index (κ3) is 3.46. The molecule has 3 unspecified atom stereocenters. The zero-order valence-corrected chi connectivity index (χ0v) is 13.5. The van der Waals surface area contributed by atoms with Crippen molar-refractivity contribution in [2.75, 3.05) is 19.0 Å². The number of rotatable bonds is 4. The third-order valence-electron chi connectivity index (χ3n) is 4.94. The van der Waals surface area contributed by atoms with Gasteiger partial charge >= 0.3 is 0 Å². The maximum atomic E-state index is 6.23. The first-order valence-corrected chi connectivity index (χ1v) is 8.49. The Bertz CT molecular complexity index is 474. The second-order valence-electron chi connectivity index (χ2n) is 6.25. The number of hydrogen-bond donors (Lipinski definition) is 2. The van der Waals surface area contributed by atoms with Crippen LogP contribution in [-0.2, 0) is 0 Å². The van der Waals surface area contributed by atoms with Crippen molar-refractivity contribution in [1.29, 1.82) is 0 Å². The molecule has 3 rings (SSSR count). The summed E-state index contributed by atoms with van der Waals surface area (Å²) in [5.74, 6) is 1.47. The Kier molecular flexibility index (Phi) is 4.91. The largest absolute Gasteiger partial charge is 0.495 e. The topological polar surface area (TPSA) is 33.3 Å². The van der Waals surface area contributed by atoms with E-state index in [1.165, 1.54) is 45.1 Å². The van der Waals surface area contributed by atoms with Gasteiger partial charge in [0.1, 0.15) is 5.75 Å². The number of anilines is 1. The Morgan fingerprint density at radius 2 is 2.05 bits per heavy atom. The lowest BCUT2D eigenvalue weighted by Crippen LogP contribution is -2.43. The van der Waals surface area contributed by atoms with Crippen molar-refractivity contribution in [3.8, 4) is 5.75 Å². The molecule has 1 heterocycles. The van der Waals surface area contributed by atoms with Crippen LogP contribution in [0.15, 0.2) is 18.2 Å². The molecule has 0 amide bonds. The highest BCUT2D eigenvalue weighted by Gasteiger charge is 2.33. The fourth-order valence-corrected chi connectivity index (χ4v) is 4.13. The van der Waals surface area contributed by atoms with Crippen molar-refractivity contribution < 1.29 is 4.74 Å². The first-order valence-electron chi connectivity index (χ1n) is 8.11. The Hall–Kier alpha value is -0.930. The van der Waals surface area contributed by atoms with E-state index in [4.69, 9.17) is 16.3 Å². The maximum absolute atomic E-state index is 6.23. The van der Waals surface area contributed by atoms with E-state index >= 15 is 0 Å². The first kappa shape index (κ1) is 15.0. The third-order valence-corrected chi connectivity index (χ3v) is 5.23. The standard InChI is InChI=1S/C17H25ClN2O/c1-21-17-9-8-12(11-14(17)18)20-16-6-3-2-5-13(16)15-7-4-10-19-15/h8-9,11,13,15-16,19-20H,2-7,10H2,1H3. The van der Waals surface area contributed by atoms with Crippen molar-refractivity contribution in [1.82, 2.24) is 5.32 Å². The first-order chi connectivity index (χ1) is 10.3. The molecule has 1 aliphatic heterocycles. The Labute approximate surface area is 132 Å². The van der Waals surface area contributed by atoms with Gasteiger partial charge in [-0.15, -0.1) is 0 Å². The predicted octanol–water partition coefficient (Wildman–Crippen LogP) is 4.07. The van der Waals surface area contributed by atoms with Crippen LogP contribution in [0.4, 0.5) is 5.69 Å². The Balaban J connectivity index is 1.70. The van der Waals surface area contributed by atoms with Gasteiger partial charge in [0.2, 0.25) is 0 Å². The molecule has 1 aromatic carbocycles. The molecule has 0 spiro atoms. The van der Waals surface area contributed by atoms with E-state index in [9.17, 15) is 0 Å². The number of methoxy groups -OCH3 is 1. The molecule has 4 heteroatoms. The average Bonchev–Trinajstić information content (AvgIpc) is 3.02. The SMILES string of the molecule is COc1ccc(NC2CCCCC2C2CCCN2)cc1Cl. The van der Waals surface area contributed by atoms with Gasteiger partial charge in [-0.3, -0.25) is 0 Å². The second kappa shape index (κ2) is 6.89. The zero-order valence-electron chi connectivity index (χ0n) is 12.7. The van der Waals surface area contributed by atoms with Gasteiger partial charge in [-0.1, -0.05) is 24.4 Å². The minimum Gasteiger partial charge on any atom is -0.495 e. The molecule has 21 heavy (non-hydrogen) atoms. The summed E-state index contributed by atoms with van der Waals surface area (Å²) >= 11 is 6.23. The summed E-state index contributed by atoms with van der Waals surface area (Å²) in [5.41, 5.74) is 1.11. The van der Waals surface area contributed by atoms with E-state index in [0.29, 0.717) is 17.1 Å². The quantitative estimate of drug-likeness (QED) is 0.879. The number of hydrogen-bond acceptors (Lipinski definition) is 3. The molecular weight excluding hydrogens is 284 g/mol. The Morgan fingerprint density at radius 1 is 1.19 bits per heavy atom. The van der Waals surface area contributed by atoms with Crippen LogP contribution in [-0.4, -0.2) is 25.7 Å². The summed E-state index contributed by atoms with van der Waals surface area (Å²) in [5, 5.41) is 8.08. The van der Waals surface area contributed by atoms with Crippen molar-refractivity contribution in [2.45, 2.75) is 50.6 Å². The van der Waals surface area contributed by atoms with Gasteiger partial charge in [-0.25, -0.2) is 0 Å². The van der Waals surface area contributed by atoms with Crippen LogP contribution in [0.2, 0.25) is 5.02 Å². The average molecular weight is 309 g/mol. The fourth-order valence-electron chi connectivity index (χ4n) is 3.87. The van der Waals surface area contributed by atoms with Crippen LogP contribution in [0, 0.1) is 5.92 Å².